The number of anilines is 1. The number of carbonyl (C=O) groups is 2. The summed E-state index contributed by atoms with van der Waals surface area (Å²) in [5, 5.41) is 3.02. The SMILES string of the molecule is CC(=O)Nc1nc(-c2ccccc2)c(C=O)s1. The Morgan fingerprint density at radius 1 is 1.35 bits per heavy atom. The molecule has 4 nitrogen and oxygen atoms in total. The summed E-state index contributed by atoms with van der Waals surface area (Å²) in [7, 11) is 0. The molecule has 1 aromatic carbocycles. The summed E-state index contributed by atoms with van der Waals surface area (Å²) in [5.41, 5.74) is 1.47. The fourth-order valence-electron chi connectivity index (χ4n) is 1.42. The van der Waals surface area contributed by atoms with Crippen LogP contribution < -0.4 is 5.32 Å². The predicted octanol–water partition coefficient (Wildman–Crippen LogP) is 2.58. The largest absolute Gasteiger partial charge is 0.302 e. The van der Waals surface area contributed by atoms with Crippen LogP contribution in [0.1, 0.15) is 16.6 Å². The average Bonchev–Trinajstić information content (AvgIpc) is 2.72. The molecule has 2 aromatic rings. The molecule has 0 unspecified atom stereocenters. The first-order valence-electron chi connectivity index (χ1n) is 4.99. The highest BCUT2D eigenvalue weighted by Crippen LogP contribution is 2.29. The highest BCUT2D eigenvalue weighted by Gasteiger charge is 2.12. The van der Waals surface area contributed by atoms with Gasteiger partial charge in [0, 0.05) is 12.5 Å². The summed E-state index contributed by atoms with van der Waals surface area (Å²) < 4.78 is 0. The maximum atomic E-state index is 11.0. The number of nitrogens with zero attached hydrogens (tertiary/aromatic N) is 1. The third-order valence-corrected chi connectivity index (χ3v) is 2.99. The molecular weight excluding hydrogens is 236 g/mol. The van der Waals surface area contributed by atoms with E-state index in [0.717, 1.165) is 11.8 Å². The van der Waals surface area contributed by atoms with Gasteiger partial charge in [0.05, 0.1) is 10.6 Å². The van der Waals surface area contributed by atoms with Crippen molar-refractivity contribution in [3.8, 4) is 11.3 Å². The lowest BCUT2D eigenvalue weighted by Gasteiger charge is -1.96. The van der Waals surface area contributed by atoms with Gasteiger partial charge in [-0.05, 0) is 0 Å². The third kappa shape index (κ3) is 2.57. The van der Waals surface area contributed by atoms with E-state index in [9.17, 15) is 9.59 Å². The van der Waals surface area contributed by atoms with Crippen LogP contribution in [0.25, 0.3) is 11.3 Å². The molecule has 1 N–H and O–H groups in total. The zero-order chi connectivity index (χ0) is 12.3. The zero-order valence-electron chi connectivity index (χ0n) is 9.14. The van der Waals surface area contributed by atoms with Crippen LogP contribution in [-0.2, 0) is 4.79 Å². The number of amides is 1. The fraction of sp³-hybridized carbons (Fsp3) is 0.0833. The number of nitrogens with one attached hydrogen (secondary N) is 1. The van der Waals surface area contributed by atoms with Gasteiger partial charge in [0.15, 0.2) is 11.4 Å². The number of carbonyl (C=O) groups excluding carboxylic acids is 2. The standard InChI is InChI=1S/C12H10N2O2S/c1-8(16)13-12-14-11(10(7-15)17-12)9-5-3-2-4-6-9/h2-7H,1H3,(H,13,14,16). The summed E-state index contributed by atoms with van der Waals surface area (Å²) in [6.45, 7) is 1.41. The molecule has 1 amide bonds. The lowest BCUT2D eigenvalue weighted by atomic mass is 10.1. The molecule has 17 heavy (non-hydrogen) atoms. The van der Waals surface area contributed by atoms with Crippen molar-refractivity contribution in [1.82, 2.24) is 4.98 Å². The van der Waals surface area contributed by atoms with Gasteiger partial charge in [-0.2, -0.15) is 0 Å². The number of hydrogen-bond donors (Lipinski definition) is 1. The molecule has 2 rings (SSSR count). The first kappa shape index (κ1) is 11.5. The number of hydrogen-bond acceptors (Lipinski definition) is 4. The summed E-state index contributed by atoms with van der Waals surface area (Å²) in [6, 6.07) is 9.40. The fourth-order valence-corrected chi connectivity index (χ4v) is 2.27. The van der Waals surface area contributed by atoms with E-state index in [4.69, 9.17) is 0 Å². The minimum atomic E-state index is -0.198. The molecule has 0 aliphatic carbocycles. The van der Waals surface area contributed by atoms with Gasteiger partial charge >= 0.3 is 0 Å². The van der Waals surface area contributed by atoms with Crippen molar-refractivity contribution in [2.45, 2.75) is 6.92 Å². The van der Waals surface area contributed by atoms with E-state index in [1.54, 1.807) is 0 Å². The van der Waals surface area contributed by atoms with Crippen molar-refractivity contribution in [2.24, 2.45) is 0 Å². The minimum Gasteiger partial charge on any atom is -0.302 e. The Hall–Kier alpha value is -2.01. The molecule has 0 fully saturated rings. The van der Waals surface area contributed by atoms with Crippen LogP contribution in [0.5, 0.6) is 0 Å². The van der Waals surface area contributed by atoms with Gasteiger partial charge in [-0.1, -0.05) is 41.7 Å². The van der Waals surface area contributed by atoms with E-state index in [1.807, 2.05) is 30.3 Å². The molecule has 0 bridgehead atoms. The monoisotopic (exact) mass is 246 g/mol. The highest BCUT2D eigenvalue weighted by atomic mass is 32.1. The van der Waals surface area contributed by atoms with Gasteiger partial charge in [0.2, 0.25) is 5.91 Å². The minimum absolute atomic E-state index is 0.198. The van der Waals surface area contributed by atoms with E-state index in [0.29, 0.717) is 15.7 Å². The van der Waals surface area contributed by atoms with Gasteiger partial charge in [-0.3, -0.25) is 9.59 Å². The quantitative estimate of drug-likeness (QED) is 0.847. The summed E-state index contributed by atoms with van der Waals surface area (Å²) in [4.78, 5) is 26.6. The second-order valence-corrected chi connectivity index (χ2v) is 4.43. The molecular formula is C12H10N2O2S. The van der Waals surface area contributed by atoms with Gasteiger partial charge in [-0.25, -0.2) is 4.98 Å². The number of aldehydes is 1. The van der Waals surface area contributed by atoms with Crippen molar-refractivity contribution in [1.29, 1.82) is 0 Å². The number of aromatic nitrogens is 1. The molecule has 0 saturated carbocycles. The van der Waals surface area contributed by atoms with Crippen molar-refractivity contribution in [3.63, 3.8) is 0 Å². The molecule has 0 atom stereocenters. The van der Waals surface area contributed by atoms with E-state index in [1.165, 1.54) is 18.3 Å². The summed E-state index contributed by atoms with van der Waals surface area (Å²) in [5.74, 6) is -0.198. The predicted molar refractivity (Wildman–Crippen MR) is 67.2 cm³/mol. The molecule has 1 aromatic heterocycles. The maximum absolute atomic E-state index is 11.0. The van der Waals surface area contributed by atoms with Crippen LogP contribution >= 0.6 is 11.3 Å². The normalized spacial score (nSPS) is 9.94. The summed E-state index contributed by atoms with van der Waals surface area (Å²) in [6.07, 6.45) is 0.755. The third-order valence-electron chi connectivity index (χ3n) is 2.09. The molecule has 0 aliphatic rings. The first-order chi connectivity index (χ1) is 8.20. The summed E-state index contributed by atoms with van der Waals surface area (Å²) >= 11 is 1.17. The molecule has 0 radical (unpaired) electrons. The Kier molecular flexibility index (Phi) is 3.30. The van der Waals surface area contributed by atoms with Gasteiger partial charge in [0.25, 0.3) is 0 Å². The van der Waals surface area contributed by atoms with Gasteiger partial charge in [-0.15, -0.1) is 0 Å². The molecule has 5 heteroatoms. The lowest BCUT2D eigenvalue weighted by molar-refractivity contribution is -0.114. The zero-order valence-corrected chi connectivity index (χ0v) is 9.95. The van der Waals surface area contributed by atoms with Crippen LogP contribution in [0.3, 0.4) is 0 Å². The van der Waals surface area contributed by atoms with E-state index < -0.39 is 0 Å². The Bertz CT molecular complexity index is 549. The van der Waals surface area contributed by atoms with Crippen molar-refractivity contribution >= 4 is 28.7 Å². The lowest BCUT2D eigenvalue weighted by Crippen LogP contribution is -2.04. The average molecular weight is 246 g/mol. The van der Waals surface area contributed by atoms with E-state index in [2.05, 4.69) is 10.3 Å². The maximum Gasteiger partial charge on any atom is 0.223 e. The Balaban J connectivity index is 2.43. The highest BCUT2D eigenvalue weighted by molar-refractivity contribution is 7.17. The van der Waals surface area contributed by atoms with Crippen LogP contribution in [0.4, 0.5) is 5.13 Å². The Labute approximate surface area is 102 Å². The second kappa shape index (κ2) is 4.88. The van der Waals surface area contributed by atoms with Crippen molar-refractivity contribution < 1.29 is 9.59 Å². The topological polar surface area (TPSA) is 59.1 Å². The molecule has 0 aliphatic heterocycles. The molecule has 0 saturated heterocycles. The van der Waals surface area contributed by atoms with Gasteiger partial charge in [0.1, 0.15) is 0 Å². The van der Waals surface area contributed by atoms with Crippen molar-refractivity contribution in [3.05, 3.63) is 35.2 Å². The van der Waals surface area contributed by atoms with E-state index >= 15 is 0 Å². The number of rotatable bonds is 3. The van der Waals surface area contributed by atoms with Gasteiger partial charge < -0.3 is 5.32 Å². The molecule has 86 valence electrons. The van der Waals surface area contributed by atoms with Crippen LogP contribution in [0, 0.1) is 0 Å². The molecule has 1 heterocycles. The van der Waals surface area contributed by atoms with Crippen LogP contribution in [-0.4, -0.2) is 17.2 Å². The van der Waals surface area contributed by atoms with Crippen molar-refractivity contribution in [2.75, 3.05) is 5.32 Å². The number of thiazole rings is 1. The Morgan fingerprint density at radius 2 is 2.06 bits per heavy atom. The number of benzene rings is 1. The Morgan fingerprint density at radius 3 is 2.65 bits per heavy atom. The molecule has 0 spiro atoms. The second-order valence-electron chi connectivity index (χ2n) is 3.40. The van der Waals surface area contributed by atoms with Crippen LogP contribution in [0.2, 0.25) is 0 Å². The van der Waals surface area contributed by atoms with Crippen LogP contribution in [0.15, 0.2) is 30.3 Å². The first-order valence-corrected chi connectivity index (χ1v) is 5.81. The smallest absolute Gasteiger partial charge is 0.223 e. The van der Waals surface area contributed by atoms with E-state index in [-0.39, 0.29) is 5.91 Å².